The van der Waals surface area contributed by atoms with E-state index in [4.69, 9.17) is 0 Å². The fourth-order valence-corrected chi connectivity index (χ4v) is 3.55. The first-order valence-electron chi connectivity index (χ1n) is 7.81. The van der Waals surface area contributed by atoms with Crippen molar-refractivity contribution in [2.75, 3.05) is 19.6 Å². The minimum atomic E-state index is 0. The van der Waals surface area contributed by atoms with Crippen LogP contribution in [0.3, 0.4) is 0 Å². The molecule has 3 heterocycles. The Morgan fingerprint density at radius 2 is 2.05 bits per heavy atom. The lowest BCUT2D eigenvalue weighted by atomic mass is 9.93. The maximum absolute atomic E-state index is 4.61. The Morgan fingerprint density at radius 3 is 2.91 bits per heavy atom. The monoisotopic (exact) mass is 319 g/mol. The van der Waals surface area contributed by atoms with Crippen molar-refractivity contribution >= 4 is 12.4 Å². The molecular formula is C16H22ClN5. The van der Waals surface area contributed by atoms with Crippen LogP contribution in [0.2, 0.25) is 0 Å². The second-order valence-corrected chi connectivity index (χ2v) is 6.09. The molecule has 4 rings (SSSR count). The average molecular weight is 320 g/mol. The van der Waals surface area contributed by atoms with Gasteiger partial charge in [-0.15, -0.1) is 12.4 Å². The van der Waals surface area contributed by atoms with Crippen LogP contribution in [0.1, 0.15) is 18.5 Å². The Hall–Kier alpha value is -1.43. The minimum Gasteiger partial charge on any atom is -0.314 e. The zero-order chi connectivity index (χ0) is 14.1. The first-order chi connectivity index (χ1) is 10.4. The van der Waals surface area contributed by atoms with Crippen LogP contribution in [-0.4, -0.2) is 45.6 Å². The Balaban J connectivity index is 0.00000144. The number of piperidine rings is 1. The van der Waals surface area contributed by atoms with Crippen molar-refractivity contribution in [2.24, 2.45) is 5.92 Å². The van der Waals surface area contributed by atoms with Gasteiger partial charge in [0.05, 0.1) is 17.6 Å². The lowest BCUT2D eigenvalue weighted by Crippen LogP contribution is -2.43. The van der Waals surface area contributed by atoms with E-state index >= 15 is 0 Å². The van der Waals surface area contributed by atoms with Crippen LogP contribution in [0.15, 0.2) is 36.5 Å². The van der Waals surface area contributed by atoms with Crippen molar-refractivity contribution in [3.63, 3.8) is 0 Å². The molecule has 5 nitrogen and oxygen atoms in total. The summed E-state index contributed by atoms with van der Waals surface area (Å²) in [6, 6.07) is 10.8. The highest BCUT2D eigenvalue weighted by molar-refractivity contribution is 5.85. The molecular weight excluding hydrogens is 298 g/mol. The summed E-state index contributed by atoms with van der Waals surface area (Å²) in [5, 5.41) is 12.6. The average Bonchev–Trinajstić information content (AvgIpc) is 3.17. The van der Waals surface area contributed by atoms with Crippen molar-refractivity contribution in [3.05, 3.63) is 42.2 Å². The summed E-state index contributed by atoms with van der Waals surface area (Å²) in [6.45, 7) is 4.45. The standard InChI is InChI=1S/C16H21N5.ClH/c1-2-4-15(5-3-1)21-18-10-14(19-21)12-20-9-7-16-13(11-20)6-8-17-16;/h1-5,10,13,16-17H,6-9,11-12H2;1H. The van der Waals surface area contributed by atoms with Crippen LogP contribution in [-0.2, 0) is 6.54 Å². The zero-order valence-electron chi connectivity index (χ0n) is 12.6. The molecule has 1 aromatic heterocycles. The number of nitrogens with zero attached hydrogens (tertiary/aromatic N) is 4. The molecule has 2 aliphatic rings. The van der Waals surface area contributed by atoms with E-state index in [2.05, 4.69) is 20.4 Å². The molecule has 1 N–H and O–H groups in total. The first-order valence-corrected chi connectivity index (χ1v) is 7.81. The van der Waals surface area contributed by atoms with Crippen LogP contribution in [0.5, 0.6) is 0 Å². The molecule has 0 radical (unpaired) electrons. The Kier molecular flexibility index (Phi) is 4.76. The van der Waals surface area contributed by atoms with E-state index in [9.17, 15) is 0 Å². The smallest absolute Gasteiger partial charge is 0.0971 e. The lowest BCUT2D eigenvalue weighted by Gasteiger charge is -2.34. The van der Waals surface area contributed by atoms with Gasteiger partial charge in [-0.2, -0.15) is 15.0 Å². The molecule has 118 valence electrons. The van der Waals surface area contributed by atoms with Gasteiger partial charge < -0.3 is 5.32 Å². The number of nitrogens with one attached hydrogen (secondary N) is 1. The molecule has 2 saturated heterocycles. The Labute approximate surface area is 137 Å². The van der Waals surface area contributed by atoms with Gasteiger partial charge in [-0.1, -0.05) is 18.2 Å². The fourth-order valence-electron chi connectivity index (χ4n) is 3.55. The SMILES string of the molecule is Cl.c1ccc(-n2ncc(CN3CCC4NCCC4C3)n2)cc1. The van der Waals surface area contributed by atoms with Gasteiger partial charge in [-0.05, 0) is 37.4 Å². The van der Waals surface area contributed by atoms with E-state index in [0.717, 1.165) is 36.4 Å². The van der Waals surface area contributed by atoms with Crippen LogP contribution in [0.4, 0.5) is 0 Å². The molecule has 0 amide bonds. The summed E-state index contributed by atoms with van der Waals surface area (Å²) >= 11 is 0. The van der Waals surface area contributed by atoms with E-state index in [1.165, 1.54) is 25.9 Å². The van der Waals surface area contributed by atoms with Crippen molar-refractivity contribution in [1.82, 2.24) is 25.2 Å². The largest absolute Gasteiger partial charge is 0.314 e. The first kappa shape index (κ1) is 15.5. The molecule has 2 atom stereocenters. The summed E-state index contributed by atoms with van der Waals surface area (Å²) in [4.78, 5) is 4.24. The van der Waals surface area contributed by atoms with Gasteiger partial charge in [0.1, 0.15) is 0 Å². The van der Waals surface area contributed by atoms with Crippen molar-refractivity contribution in [3.8, 4) is 5.69 Å². The van der Waals surface area contributed by atoms with E-state index in [-0.39, 0.29) is 12.4 Å². The maximum atomic E-state index is 4.61. The highest BCUT2D eigenvalue weighted by Crippen LogP contribution is 2.25. The number of para-hydroxylation sites is 1. The molecule has 2 aromatic rings. The zero-order valence-corrected chi connectivity index (χ0v) is 13.4. The predicted octanol–water partition coefficient (Wildman–Crippen LogP) is 1.87. The van der Waals surface area contributed by atoms with E-state index in [1.807, 2.05) is 36.5 Å². The highest BCUT2D eigenvalue weighted by Gasteiger charge is 2.32. The number of benzene rings is 1. The van der Waals surface area contributed by atoms with E-state index in [1.54, 1.807) is 4.80 Å². The van der Waals surface area contributed by atoms with E-state index < -0.39 is 0 Å². The Morgan fingerprint density at radius 1 is 1.18 bits per heavy atom. The number of aromatic nitrogens is 3. The predicted molar refractivity (Wildman–Crippen MR) is 88.4 cm³/mol. The molecule has 0 spiro atoms. The maximum Gasteiger partial charge on any atom is 0.0971 e. The highest BCUT2D eigenvalue weighted by atomic mass is 35.5. The summed E-state index contributed by atoms with van der Waals surface area (Å²) in [5.74, 6) is 0.822. The number of fused-ring (bicyclic) bond motifs is 1. The van der Waals surface area contributed by atoms with Crippen molar-refractivity contribution in [2.45, 2.75) is 25.4 Å². The molecule has 1 aromatic carbocycles. The molecule has 2 unspecified atom stereocenters. The molecule has 0 bridgehead atoms. The summed E-state index contributed by atoms with van der Waals surface area (Å²) in [5.41, 5.74) is 2.07. The Bertz CT molecular complexity index is 600. The molecule has 22 heavy (non-hydrogen) atoms. The van der Waals surface area contributed by atoms with Gasteiger partial charge in [-0.25, -0.2) is 0 Å². The summed E-state index contributed by atoms with van der Waals surface area (Å²) in [6.07, 6.45) is 4.47. The van der Waals surface area contributed by atoms with Crippen molar-refractivity contribution in [1.29, 1.82) is 0 Å². The normalized spacial score (nSPS) is 24.7. The van der Waals surface area contributed by atoms with Gasteiger partial charge in [0.25, 0.3) is 0 Å². The number of hydrogen-bond acceptors (Lipinski definition) is 4. The van der Waals surface area contributed by atoms with Gasteiger partial charge in [-0.3, -0.25) is 4.90 Å². The number of hydrogen-bond donors (Lipinski definition) is 1. The van der Waals surface area contributed by atoms with Gasteiger partial charge in [0, 0.05) is 25.7 Å². The molecule has 2 aliphatic heterocycles. The third kappa shape index (κ3) is 3.16. The minimum absolute atomic E-state index is 0. The fraction of sp³-hybridized carbons (Fsp3) is 0.500. The van der Waals surface area contributed by atoms with E-state index in [0.29, 0.717) is 0 Å². The number of rotatable bonds is 3. The summed E-state index contributed by atoms with van der Waals surface area (Å²) in [7, 11) is 0. The van der Waals surface area contributed by atoms with Crippen LogP contribution >= 0.6 is 12.4 Å². The third-order valence-corrected chi connectivity index (χ3v) is 4.65. The van der Waals surface area contributed by atoms with Crippen LogP contribution in [0, 0.1) is 5.92 Å². The molecule has 2 fully saturated rings. The summed E-state index contributed by atoms with van der Waals surface area (Å²) < 4.78 is 0. The third-order valence-electron chi connectivity index (χ3n) is 4.65. The lowest BCUT2D eigenvalue weighted by molar-refractivity contribution is 0.154. The van der Waals surface area contributed by atoms with Gasteiger partial charge >= 0.3 is 0 Å². The van der Waals surface area contributed by atoms with Crippen molar-refractivity contribution < 1.29 is 0 Å². The number of halogens is 1. The van der Waals surface area contributed by atoms with Gasteiger partial charge in [0.2, 0.25) is 0 Å². The second kappa shape index (κ2) is 6.77. The molecule has 0 aliphatic carbocycles. The second-order valence-electron chi connectivity index (χ2n) is 6.09. The van der Waals surface area contributed by atoms with Crippen LogP contribution in [0.25, 0.3) is 5.69 Å². The quantitative estimate of drug-likeness (QED) is 0.938. The molecule has 0 saturated carbocycles. The molecule has 6 heteroatoms. The van der Waals surface area contributed by atoms with Crippen LogP contribution < -0.4 is 5.32 Å². The van der Waals surface area contributed by atoms with Gasteiger partial charge in [0.15, 0.2) is 0 Å². The number of likely N-dealkylation sites (tertiary alicyclic amines) is 1. The topological polar surface area (TPSA) is 46.0 Å².